The first-order valence-electron chi connectivity index (χ1n) is 17.5. The number of carbonyl (C=O) groups is 7. The standard InChI is InChI=1S/C30H57N11O11S3/c31-11-24(43)39-21-12-34-14-25(44)36-2-1-33-15-26(45)40-22(20-55-54-19-21)13-35-16-27(46)41-30(53)29(48)38-4-6-50-8-10-51-9-7-49-5-3-37-28(47)18-52-17-23(32)42/h21-22,30,33-35,53H,1-20,31H2,(H2,32,42)(H,36,44)(H,37,47)(H,38,48)(H,39,43)(H,40,45)(H,41,46). The van der Waals surface area contributed by atoms with Gasteiger partial charge in [0.1, 0.15) is 13.2 Å². The van der Waals surface area contributed by atoms with Gasteiger partial charge >= 0.3 is 0 Å². The highest BCUT2D eigenvalue weighted by Gasteiger charge is 2.19. The van der Waals surface area contributed by atoms with E-state index in [-0.39, 0.29) is 115 Å². The van der Waals surface area contributed by atoms with Crippen molar-refractivity contribution in [3.63, 3.8) is 0 Å². The van der Waals surface area contributed by atoms with E-state index >= 15 is 0 Å². The van der Waals surface area contributed by atoms with Crippen molar-refractivity contribution in [2.75, 3.05) is 130 Å². The Hall–Kier alpha value is -2.98. The number of carbonyl (C=O) groups excluding carboxylic acids is 7. The van der Waals surface area contributed by atoms with E-state index in [2.05, 4.69) is 60.5 Å². The van der Waals surface area contributed by atoms with Gasteiger partial charge in [0.05, 0.1) is 77.9 Å². The molecule has 1 saturated heterocycles. The van der Waals surface area contributed by atoms with Gasteiger partial charge in [0.15, 0.2) is 5.37 Å². The third-order valence-corrected chi connectivity index (χ3v) is 9.60. The topological polar surface area (TPSA) is 317 Å². The Morgan fingerprint density at radius 1 is 0.800 bits per heavy atom. The van der Waals surface area contributed by atoms with Crippen molar-refractivity contribution >= 4 is 75.6 Å². The molecule has 7 amide bonds. The Balaban J connectivity index is 2.25. The van der Waals surface area contributed by atoms with Crippen LogP contribution in [-0.4, -0.2) is 189 Å². The number of ether oxygens (including phenoxy) is 4. The minimum atomic E-state index is -1.10. The highest BCUT2D eigenvalue weighted by atomic mass is 33.1. The van der Waals surface area contributed by atoms with Gasteiger partial charge in [-0.25, -0.2) is 0 Å². The maximum Gasteiger partial charge on any atom is 0.252 e. The van der Waals surface area contributed by atoms with Crippen LogP contribution >= 0.6 is 34.2 Å². The summed E-state index contributed by atoms with van der Waals surface area (Å²) in [4.78, 5) is 83.3. The van der Waals surface area contributed by atoms with Crippen LogP contribution in [0.2, 0.25) is 0 Å². The Bertz CT molecular complexity index is 1170. The molecule has 0 aromatic heterocycles. The Morgan fingerprint density at radius 2 is 1.45 bits per heavy atom. The predicted molar refractivity (Wildman–Crippen MR) is 209 cm³/mol. The molecular weight excluding hydrogens is 787 g/mol. The van der Waals surface area contributed by atoms with Crippen molar-refractivity contribution in [2.45, 2.75) is 17.5 Å². The second kappa shape index (κ2) is 33.2. The molecule has 0 aromatic carbocycles. The molecule has 1 rings (SSSR count). The molecule has 3 unspecified atom stereocenters. The molecule has 0 radical (unpaired) electrons. The summed E-state index contributed by atoms with van der Waals surface area (Å²) in [6, 6.07) is -0.634. The average Bonchev–Trinajstić information content (AvgIpc) is 3.14. The molecule has 1 aliphatic rings. The maximum atomic E-state index is 12.6. The van der Waals surface area contributed by atoms with E-state index in [9.17, 15) is 33.6 Å². The van der Waals surface area contributed by atoms with Crippen LogP contribution in [0.1, 0.15) is 0 Å². The lowest BCUT2D eigenvalue weighted by atomic mass is 10.3. The van der Waals surface area contributed by atoms with Crippen LogP contribution in [0.3, 0.4) is 0 Å². The predicted octanol–water partition coefficient (Wildman–Crippen LogP) is -6.65. The molecule has 316 valence electrons. The zero-order valence-electron chi connectivity index (χ0n) is 30.8. The van der Waals surface area contributed by atoms with Crippen LogP contribution in [0, 0.1) is 0 Å². The molecule has 22 nitrogen and oxygen atoms in total. The second-order valence-electron chi connectivity index (χ2n) is 11.5. The summed E-state index contributed by atoms with van der Waals surface area (Å²) in [5.74, 6) is -1.82. The molecule has 3 atom stereocenters. The zero-order valence-corrected chi connectivity index (χ0v) is 33.3. The molecular formula is C30H57N11O11S3. The molecule has 1 fully saturated rings. The normalized spacial score (nSPS) is 18.1. The molecule has 1 aliphatic heterocycles. The van der Waals surface area contributed by atoms with E-state index in [1.807, 2.05) is 0 Å². The van der Waals surface area contributed by atoms with Crippen LogP contribution in [0.5, 0.6) is 0 Å². The highest BCUT2D eigenvalue weighted by Crippen LogP contribution is 2.23. The van der Waals surface area contributed by atoms with Crippen molar-refractivity contribution < 1.29 is 52.5 Å². The SMILES string of the molecule is NCC(=O)NC1CNCC(=O)NCCNCC(=O)NC(CNCC(=O)NC(S)C(=O)NCCOCCOCCOCCNC(=O)COCC(N)=O)CSSC1. The van der Waals surface area contributed by atoms with Crippen molar-refractivity contribution in [1.82, 2.24) is 47.9 Å². The molecule has 0 aliphatic carbocycles. The van der Waals surface area contributed by atoms with E-state index in [0.29, 0.717) is 51.0 Å². The number of thiol groups is 1. The summed E-state index contributed by atoms with van der Waals surface area (Å²) in [5, 5.41) is 24.1. The quantitative estimate of drug-likeness (QED) is 0.0186. The van der Waals surface area contributed by atoms with Gasteiger partial charge in [0.2, 0.25) is 35.4 Å². The molecule has 55 heavy (non-hydrogen) atoms. The van der Waals surface area contributed by atoms with Gasteiger partial charge in [-0.3, -0.25) is 33.6 Å². The van der Waals surface area contributed by atoms with Crippen LogP contribution in [-0.2, 0) is 52.5 Å². The van der Waals surface area contributed by atoms with Crippen molar-refractivity contribution in [1.29, 1.82) is 0 Å². The summed E-state index contributed by atoms with van der Waals surface area (Å²) in [6.07, 6.45) is 0. The van der Waals surface area contributed by atoms with Crippen molar-refractivity contribution in [2.24, 2.45) is 11.5 Å². The zero-order chi connectivity index (χ0) is 40.5. The number of rotatable bonds is 24. The number of hydrogen-bond donors (Lipinski definition) is 12. The third kappa shape index (κ3) is 29.9. The molecule has 0 spiro atoms. The number of hydrogen-bond acceptors (Lipinski definition) is 18. The van der Waals surface area contributed by atoms with E-state index in [1.54, 1.807) is 0 Å². The number of nitrogens with two attached hydrogens (primary N) is 2. The lowest BCUT2D eigenvalue weighted by Crippen LogP contribution is -2.50. The van der Waals surface area contributed by atoms with E-state index in [0.717, 1.165) is 0 Å². The molecule has 25 heteroatoms. The summed E-state index contributed by atoms with van der Waals surface area (Å²) < 4.78 is 20.9. The van der Waals surface area contributed by atoms with E-state index in [1.165, 1.54) is 21.6 Å². The number of amides is 7. The summed E-state index contributed by atoms with van der Waals surface area (Å²) in [6.45, 7) is 2.70. The Labute approximate surface area is 333 Å². The van der Waals surface area contributed by atoms with Gasteiger partial charge < -0.3 is 78.3 Å². The first-order chi connectivity index (χ1) is 26.5. The van der Waals surface area contributed by atoms with Crippen molar-refractivity contribution in [3.05, 3.63) is 0 Å². The smallest absolute Gasteiger partial charge is 0.252 e. The van der Waals surface area contributed by atoms with Gasteiger partial charge in [-0.15, -0.1) is 12.6 Å². The second-order valence-corrected chi connectivity index (χ2v) is 14.6. The van der Waals surface area contributed by atoms with E-state index in [4.69, 9.17) is 30.4 Å². The van der Waals surface area contributed by atoms with Gasteiger partial charge in [-0.1, -0.05) is 21.6 Å². The first-order valence-corrected chi connectivity index (χ1v) is 20.5. The minimum absolute atomic E-state index is 0.0344. The molecule has 0 bridgehead atoms. The molecule has 1 heterocycles. The summed E-state index contributed by atoms with van der Waals surface area (Å²) in [7, 11) is 2.96. The average molecular weight is 844 g/mol. The lowest BCUT2D eigenvalue weighted by Gasteiger charge is -2.21. The van der Waals surface area contributed by atoms with Crippen LogP contribution < -0.4 is 59.3 Å². The van der Waals surface area contributed by atoms with Crippen LogP contribution in [0.4, 0.5) is 0 Å². The van der Waals surface area contributed by atoms with Crippen LogP contribution in [0.25, 0.3) is 0 Å². The molecule has 13 N–H and O–H groups in total. The summed E-state index contributed by atoms with van der Waals surface area (Å²) >= 11 is 4.17. The van der Waals surface area contributed by atoms with Gasteiger partial charge in [-0.2, -0.15) is 0 Å². The minimum Gasteiger partial charge on any atom is -0.377 e. The number of primary amides is 1. The largest absolute Gasteiger partial charge is 0.377 e. The molecule has 0 saturated carbocycles. The van der Waals surface area contributed by atoms with Gasteiger partial charge in [-0.05, 0) is 0 Å². The summed E-state index contributed by atoms with van der Waals surface area (Å²) in [5.41, 5.74) is 10.4. The molecule has 0 aromatic rings. The van der Waals surface area contributed by atoms with Crippen molar-refractivity contribution in [3.8, 4) is 0 Å². The van der Waals surface area contributed by atoms with Gasteiger partial charge in [0.25, 0.3) is 5.91 Å². The fourth-order valence-corrected chi connectivity index (χ4v) is 6.84. The fraction of sp³-hybridized carbons (Fsp3) is 0.767. The highest BCUT2D eigenvalue weighted by molar-refractivity contribution is 8.76. The van der Waals surface area contributed by atoms with Crippen LogP contribution in [0.15, 0.2) is 0 Å². The first kappa shape index (κ1) is 50.0. The Kier molecular flexibility index (Phi) is 30.2. The fourth-order valence-electron chi connectivity index (χ4n) is 4.12. The maximum absolute atomic E-state index is 12.6. The lowest BCUT2D eigenvalue weighted by molar-refractivity contribution is -0.130. The monoisotopic (exact) mass is 843 g/mol. The van der Waals surface area contributed by atoms with Gasteiger partial charge in [0, 0.05) is 50.8 Å². The number of nitrogens with one attached hydrogen (secondary N) is 9. The van der Waals surface area contributed by atoms with E-state index < -0.39 is 23.1 Å². The Morgan fingerprint density at radius 3 is 2.15 bits per heavy atom. The third-order valence-electron chi connectivity index (χ3n) is 6.68.